The van der Waals surface area contributed by atoms with Crippen LogP contribution in [0.25, 0.3) is 0 Å². The number of carbonyl (C=O) groups excluding carboxylic acids is 2. The highest BCUT2D eigenvalue weighted by Gasteiger charge is 2.52. The molecule has 0 saturated carbocycles. The maximum absolute atomic E-state index is 13.4. The summed E-state index contributed by atoms with van der Waals surface area (Å²) in [6.45, 7) is 23.8. The normalized spacial score (nSPS) is 21.1. The van der Waals surface area contributed by atoms with Gasteiger partial charge in [-0.15, -0.1) is 0 Å². The number of carbonyl (C=O) groups is 2. The summed E-state index contributed by atoms with van der Waals surface area (Å²) >= 11 is 0. The standard InChI is InChI=1S/C29H56N2O5/c1-12-14-16-28(8,9)25(32)30-19-24-23(18-22(21(3)4)20-34-17-15-13-2)31(29(10,11)35-24)26(33)36-27(5,6)7/h21-24H,12-20H2,1-11H3,(H,30,32)/t22-,23+,24-/m1/s1. The molecule has 0 aliphatic carbocycles. The van der Waals surface area contributed by atoms with Crippen LogP contribution in [0, 0.1) is 17.3 Å². The van der Waals surface area contributed by atoms with Crippen molar-refractivity contribution in [3.63, 3.8) is 0 Å². The van der Waals surface area contributed by atoms with Gasteiger partial charge in [0.15, 0.2) is 0 Å². The van der Waals surface area contributed by atoms with Crippen molar-refractivity contribution in [3.05, 3.63) is 0 Å². The van der Waals surface area contributed by atoms with Crippen molar-refractivity contribution in [3.8, 4) is 0 Å². The molecule has 0 radical (unpaired) electrons. The van der Waals surface area contributed by atoms with Gasteiger partial charge >= 0.3 is 6.09 Å². The Hall–Kier alpha value is -1.34. The van der Waals surface area contributed by atoms with Gasteiger partial charge in [-0.1, -0.05) is 60.8 Å². The molecule has 1 saturated heterocycles. The van der Waals surface area contributed by atoms with Crippen molar-refractivity contribution in [2.75, 3.05) is 19.8 Å². The smallest absolute Gasteiger partial charge is 0.412 e. The van der Waals surface area contributed by atoms with E-state index in [-0.39, 0.29) is 30.1 Å². The topological polar surface area (TPSA) is 77.1 Å². The molecule has 1 rings (SSSR count). The zero-order valence-corrected chi connectivity index (χ0v) is 25.2. The molecule has 7 nitrogen and oxygen atoms in total. The van der Waals surface area contributed by atoms with E-state index in [1.54, 1.807) is 4.90 Å². The van der Waals surface area contributed by atoms with E-state index in [2.05, 4.69) is 33.0 Å². The Morgan fingerprint density at radius 3 is 2.19 bits per heavy atom. The van der Waals surface area contributed by atoms with Crippen molar-refractivity contribution < 1.29 is 23.8 Å². The molecule has 0 aromatic rings. The number of nitrogens with zero attached hydrogens (tertiary/aromatic N) is 1. The van der Waals surface area contributed by atoms with E-state index >= 15 is 0 Å². The summed E-state index contributed by atoms with van der Waals surface area (Å²) in [5, 5.41) is 3.14. The van der Waals surface area contributed by atoms with Gasteiger partial charge in [-0.3, -0.25) is 9.69 Å². The van der Waals surface area contributed by atoms with Gasteiger partial charge in [0.25, 0.3) is 0 Å². The number of hydrogen-bond donors (Lipinski definition) is 1. The summed E-state index contributed by atoms with van der Waals surface area (Å²) in [6, 6.07) is -0.240. The minimum atomic E-state index is -0.856. The fraction of sp³-hybridized carbons (Fsp3) is 0.931. The molecule has 212 valence electrons. The van der Waals surface area contributed by atoms with Crippen LogP contribution in [0.4, 0.5) is 4.79 Å². The van der Waals surface area contributed by atoms with E-state index in [0.29, 0.717) is 25.5 Å². The molecule has 7 heteroatoms. The molecule has 1 N–H and O–H groups in total. The summed E-state index contributed by atoms with van der Waals surface area (Å²) in [7, 11) is 0. The molecular formula is C29H56N2O5. The predicted octanol–water partition coefficient (Wildman–Crippen LogP) is 6.54. The molecule has 3 atom stereocenters. The van der Waals surface area contributed by atoms with Gasteiger partial charge in [0.2, 0.25) is 5.91 Å². The summed E-state index contributed by atoms with van der Waals surface area (Å²) < 4.78 is 18.3. The minimum Gasteiger partial charge on any atom is -0.444 e. The highest BCUT2D eigenvalue weighted by molar-refractivity contribution is 5.81. The first-order valence-corrected chi connectivity index (χ1v) is 14.1. The van der Waals surface area contributed by atoms with Crippen LogP contribution >= 0.6 is 0 Å². The maximum Gasteiger partial charge on any atom is 0.412 e. The monoisotopic (exact) mass is 512 g/mol. The molecule has 0 spiro atoms. The number of hydrogen-bond acceptors (Lipinski definition) is 5. The predicted molar refractivity (Wildman–Crippen MR) is 146 cm³/mol. The van der Waals surface area contributed by atoms with Gasteiger partial charge in [0.1, 0.15) is 11.3 Å². The fourth-order valence-electron chi connectivity index (χ4n) is 4.66. The van der Waals surface area contributed by atoms with Crippen molar-refractivity contribution >= 4 is 12.0 Å². The van der Waals surface area contributed by atoms with Crippen LogP contribution < -0.4 is 5.32 Å². The average molecular weight is 513 g/mol. The zero-order valence-electron chi connectivity index (χ0n) is 25.2. The summed E-state index contributed by atoms with van der Waals surface area (Å²) in [4.78, 5) is 28.2. The largest absolute Gasteiger partial charge is 0.444 e. The van der Waals surface area contributed by atoms with E-state index < -0.39 is 16.7 Å². The van der Waals surface area contributed by atoms with Crippen LogP contribution in [0.2, 0.25) is 0 Å². The number of amides is 2. The van der Waals surface area contributed by atoms with E-state index in [4.69, 9.17) is 14.2 Å². The van der Waals surface area contributed by atoms with Gasteiger partial charge in [0, 0.05) is 25.2 Å². The first-order chi connectivity index (χ1) is 16.6. The van der Waals surface area contributed by atoms with Crippen LogP contribution in [-0.2, 0) is 19.0 Å². The van der Waals surface area contributed by atoms with E-state index in [1.807, 2.05) is 48.5 Å². The molecule has 1 aliphatic rings. The van der Waals surface area contributed by atoms with Gasteiger partial charge < -0.3 is 19.5 Å². The summed E-state index contributed by atoms with van der Waals surface area (Å²) in [6.07, 6.45) is 5.03. The lowest BCUT2D eigenvalue weighted by molar-refractivity contribution is -0.131. The first kappa shape index (κ1) is 32.7. The third kappa shape index (κ3) is 10.2. The SMILES string of the molecule is CCCCOC[C@@H](C[C@H]1[C@@H](CNC(=O)C(C)(C)CCCC)OC(C)(C)N1C(=O)OC(C)(C)C)C(C)C. The van der Waals surface area contributed by atoms with Crippen molar-refractivity contribution in [2.24, 2.45) is 17.3 Å². The first-order valence-electron chi connectivity index (χ1n) is 14.1. The Balaban J connectivity index is 3.15. The molecule has 0 bridgehead atoms. The molecule has 1 fully saturated rings. The Labute approximate surface area is 221 Å². The number of rotatable bonds is 14. The molecule has 1 heterocycles. The molecule has 0 aromatic carbocycles. The minimum absolute atomic E-state index is 0.0233. The Morgan fingerprint density at radius 2 is 1.67 bits per heavy atom. The fourth-order valence-corrected chi connectivity index (χ4v) is 4.66. The number of nitrogens with one attached hydrogen (secondary N) is 1. The van der Waals surface area contributed by atoms with E-state index in [9.17, 15) is 9.59 Å². The highest BCUT2D eigenvalue weighted by atomic mass is 16.6. The maximum atomic E-state index is 13.4. The van der Waals surface area contributed by atoms with Crippen LogP contribution in [0.1, 0.15) is 115 Å². The number of unbranched alkanes of at least 4 members (excludes halogenated alkanes) is 2. The van der Waals surface area contributed by atoms with Crippen LogP contribution in [0.15, 0.2) is 0 Å². The van der Waals surface area contributed by atoms with Gasteiger partial charge in [-0.25, -0.2) is 4.79 Å². The van der Waals surface area contributed by atoms with Crippen LogP contribution in [0.3, 0.4) is 0 Å². The second kappa shape index (κ2) is 14.0. The van der Waals surface area contributed by atoms with E-state index in [0.717, 1.165) is 38.7 Å². The van der Waals surface area contributed by atoms with Crippen LogP contribution in [0.5, 0.6) is 0 Å². The van der Waals surface area contributed by atoms with Crippen molar-refractivity contribution in [1.29, 1.82) is 0 Å². The number of ether oxygens (including phenoxy) is 3. The lowest BCUT2D eigenvalue weighted by atomic mass is 9.85. The lowest BCUT2D eigenvalue weighted by Gasteiger charge is -2.37. The molecule has 1 aliphatic heterocycles. The van der Waals surface area contributed by atoms with Crippen molar-refractivity contribution in [1.82, 2.24) is 10.2 Å². The summed E-state index contributed by atoms with van der Waals surface area (Å²) in [5.41, 5.74) is -1.92. The third-order valence-electron chi connectivity index (χ3n) is 7.07. The highest BCUT2D eigenvalue weighted by Crippen LogP contribution is 2.38. The summed E-state index contributed by atoms with van der Waals surface area (Å²) in [5.74, 6) is 0.641. The van der Waals surface area contributed by atoms with Gasteiger partial charge in [0.05, 0.1) is 12.1 Å². The lowest BCUT2D eigenvalue weighted by Crippen LogP contribution is -2.52. The average Bonchev–Trinajstić information content (AvgIpc) is 3.00. The van der Waals surface area contributed by atoms with E-state index in [1.165, 1.54) is 0 Å². The third-order valence-corrected chi connectivity index (χ3v) is 7.07. The molecule has 0 aromatic heterocycles. The van der Waals surface area contributed by atoms with Gasteiger partial charge in [-0.2, -0.15) is 0 Å². The quantitative estimate of drug-likeness (QED) is 0.267. The zero-order chi connectivity index (χ0) is 27.7. The Bertz CT molecular complexity index is 684. The Kier molecular flexibility index (Phi) is 12.7. The second-order valence-electron chi connectivity index (χ2n) is 12.9. The Morgan fingerprint density at radius 1 is 1.06 bits per heavy atom. The van der Waals surface area contributed by atoms with Crippen molar-refractivity contribution in [2.45, 2.75) is 138 Å². The van der Waals surface area contributed by atoms with Crippen LogP contribution in [-0.4, -0.2) is 60.1 Å². The molecular weight excluding hydrogens is 456 g/mol. The second-order valence-corrected chi connectivity index (χ2v) is 12.9. The molecule has 0 unspecified atom stereocenters. The molecule has 2 amide bonds. The molecule has 36 heavy (non-hydrogen) atoms. The van der Waals surface area contributed by atoms with Gasteiger partial charge in [-0.05, 0) is 65.7 Å².